The monoisotopic (exact) mass is 668 g/mol. The zero-order valence-corrected chi connectivity index (χ0v) is 24.3. The van der Waals surface area contributed by atoms with Crippen molar-refractivity contribution < 1.29 is 40.4 Å². The summed E-state index contributed by atoms with van der Waals surface area (Å²) >= 11 is 3.72. The van der Waals surface area contributed by atoms with Gasteiger partial charge in [0, 0.05) is 9.47 Å². The van der Waals surface area contributed by atoms with E-state index in [4.69, 9.17) is 33.0 Å². The number of hydrogen-bond donors (Lipinski definition) is 4. The quantitative estimate of drug-likeness (QED) is 0.0765. The molecule has 0 amide bonds. The van der Waals surface area contributed by atoms with Gasteiger partial charge in [0.1, 0.15) is 0 Å². The molecule has 2 aliphatic rings. The molecule has 9 atom stereocenters. The van der Waals surface area contributed by atoms with Gasteiger partial charge in [0.15, 0.2) is 56.2 Å². The van der Waals surface area contributed by atoms with E-state index < -0.39 is 75.7 Å². The number of aromatic nitrogens is 9. The van der Waals surface area contributed by atoms with Gasteiger partial charge in [-0.2, -0.15) is 9.67 Å². The summed E-state index contributed by atoms with van der Waals surface area (Å²) in [5, 5.41) is 7.27. The van der Waals surface area contributed by atoms with Gasteiger partial charge >= 0.3 is 5.92 Å². The molecule has 0 saturated carbocycles. The second kappa shape index (κ2) is 11.9. The van der Waals surface area contributed by atoms with Gasteiger partial charge in [-0.25, -0.2) is 23.1 Å². The molecule has 24 heteroatoms. The van der Waals surface area contributed by atoms with Crippen molar-refractivity contribution in [3.8, 4) is 0 Å². The number of thiol groups is 1. The fraction of sp³-hybridized carbons (Fsp3) is 0.526. The molecule has 232 valence electrons. The smallest absolute Gasteiger partial charge is 0.301 e. The van der Waals surface area contributed by atoms with Crippen LogP contribution >= 0.6 is 31.4 Å². The van der Waals surface area contributed by atoms with Crippen molar-refractivity contribution in [3.63, 3.8) is 0 Å². The molecule has 6 heterocycles. The zero-order valence-electron chi connectivity index (χ0n) is 21.2. The molecule has 0 bridgehead atoms. The van der Waals surface area contributed by atoms with Crippen LogP contribution in [0, 0.1) is 5.92 Å². The molecular formula is C19H21F3N10O8P2S. The van der Waals surface area contributed by atoms with Gasteiger partial charge in [0.25, 0.3) is 11.1 Å². The van der Waals surface area contributed by atoms with Crippen LogP contribution in [-0.4, -0.2) is 88.3 Å². The Labute approximate surface area is 246 Å². The van der Waals surface area contributed by atoms with Crippen LogP contribution < -0.4 is 16.9 Å². The Morgan fingerprint density at radius 2 is 2.00 bits per heavy atom. The number of imidazole rings is 1. The average molecular weight is 668 g/mol. The molecule has 0 aliphatic carbocycles. The largest absolute Gasteiger partial charge is 0.369 e. The van der Waals surface area contributed by atoms with E-state index >= 15 is 13.2 Å². The van der Waals surface area contributed by atoms with E-state index in [0.717, 1.165) is 6.33 Å². The van der Waals surface area contributed by atoms with Crippen LogP contribution in [0.4, 0.5) is 19.1 Å². The van der Waals surface area contributed by atoms with Crippen LogP contribution in [0.2, 0.25) is 0 Å². The number of aromatic amines is 2. The highest BCUT2D eigenvalue weighted by molar-refractivity contribution is 7.75. The molecule has 0 aromatic carbocycles. The van der Waals surface area contributed by atoms with Gasteiger partial charge in [0.05, 0.1) is 37.9 Å². The highest BCUT2D eigenvalue weighted by Crippen LogP contribution is 2.48. The van der Waals surface area contributed by atoms with Gasteiger partial charge in [0.2, 0.25) is 12.2 Å². The predicted octanol–water partition coefficient (Wildman–Crippen LogP) is 0.150. The fourth-order valence-corrected chi connectivity index (χ4v) is 5.78. The Morgan fingerprint density at radius 1 is 1.19 bits per heavy atom. The van der Waals surface area contributed by atoms with Crippen LogP contribution in [0.3, 0.4) is 0 Å². The third-order valence-corrected chi connectivity index (χ3v) is 7.84. The number of H-pyrrole nitrogens is 2. The Kier molecular flexibility index (Phi) is 8.39. The molecule has 4 aromatic rings. The number of alkyl halides is 3. The van der Waals surface area contributed by atoms with Crippen LogP contribution in [0.5, 0.6) is 0 Å². The Bertz CT molecular complexity index is 1740. The highest BCUT2D eigenvalue weighted by atomic mass is 32.1. The number of halogens is 3. The summed E-state index contributed by atoms with van der Waals surface area (Å²) in [6, 6.07) is 0. The Balaban J connectivity index is 1.13. The van der Waals surface area contributed by atoms with Crippen molar-refractivity contribution in [1.29, 1.82) is 0 Å². The summed E-state index contributed by atoms with van der Waals surface area (Å²) < 4.78 is 80.3. The zero-order chi connectivity index (χ0) is 30.5. The van der Waals surface area contributed by atoms with E-state index in [2.05, 4.69) is 48.1 Å². The van der Waals surface area contributed by atoms with Crippen molar-refractivity contribution in [2.75, 3.05) is 18.9 Å². The summed E-state index contributed by atoms with van der Waals surface area (Å²) in [6.07, 6.45) is -7.07. The molecule has 4 aromatic heterocycles. The van der Waals surface area contributed by atoms with Gasteiger partial charge in [-0.3, -0.25) is 19.1 Å². The number of ether oxygens (including phenoxy) is 2. The Morgan fingerprint density at radius 3 is 2.77 bits per heavy atom. The average Bonchev–Trinajstić information content (AvgIpc) is 3.71. The SMILES string of the molecule is Nc1nc2c(ncn2[C@@H]2OC(OPOC[C@@H]3[C@@H](COP)O[C@@H](n4nnc5c(=O)[nH]cnc54)C3(F)F)[C@@H](F)[C@H]2OS)c(=O)[nH]1. The first-order valence-corrected chi connectivity index (χ1v) is 13.8. The molecule has 2 fully saturated rings. The van der Waals surface area contributed by atoms with Crippen molar-refractivity contribution in [2.45, 2.75) is 43.0 Å². The third-order valence-electron chi connectivity index (χ3n) is 6.79. The van der Waals surface area contributed by atoms with Crippen LogP contribution in [0.1, 0.15) is 12.5 Å². The minimum atomic E-state index is -3.61. The number of hydrogen-bond acceptors (Lipinski definition) is 15. The summed E-state index contributed by atoms with van der Waals surface area (Å²) in [7, 11) is 0.972. The number of nitrogens with two attached hydrogens (primary N) is 1. The normalized spacial score (nSPS) is 29.1. The lowest BCUT2D eigenvalue weighted by atomic mass is 9.98. The number of nitrogens with one attached hydrogen (secondary N) is 2. The maximum Gasteiger partial charge on any atom is 0.301 e. The molecule has 6 rings (SSSR count). The summed E-state index contributed by atoms with van der Waals surface area (Å²) in [6.45, 7) is -0.879. The van der Waals surface area contributed by atoms with E-state index in [9.17, 15) is 9.59 Å². The topological polar surface area (TPSA) is 221 Å². The van der Waals surface area contributed by atoms with E-state index in [1.165, 1.54) is 10.9 Å². The number of rotatable bonds is 10. The molecular weight excluding hydrogens is 647 g/mol. The molecule has 0 radical (unpaired) electrons. The Hall–Kier alpha value is -2.81. The lowest BCUT2D eigenvalue weighted by molar-refractivity contribution is -0.133. The maximum absolute atomic E-state index is 15.7. The highest BCUT2D eigenvalue weighted by Gasteiger charge is 2.61. The summed E-state index contributed by atoms with van der Waals surface area (Å²) in [5.74, 6) is -5.40. The van der Waals surface area contributed by atoms with E-state index in [0.29, 0.717) is 4.68 Å². The van der Waals surface area contributed by atoms with Crippen molar-refractivity contribution in [2.24, 2.45) is 5.92 Å². The third kappa shape index (κ3) is 5.29. The van der Waals surface area contributed by atoms with E-state index in [-0.39, 0.29) is 34.9 Å². The van der Waals surface area contributed by atoms with Crippen LogP contribution in [0.15, 0.2) is 22.2 Å². The van der Waals surface area contributed by atoms with Gasteiger partial charge < -0.3 is 37.9 Å². The summed E-state index contributed by atoms with van der Waals surface area (Å²) in [4.78, 5) is 40.5. The minimum Gasteiger partial charge on any atom is -0.369 e. The van der Waals surface area contributed by atoms with Gasteiger partial charge in [-0.05, 0) is 12.9 Å². The van der Waals surface area contributed by atoms with Crippen molar-refractivity contribution in [3.05, 3.63) is 33.4 Å². The predicted molar refractivity (Wildman–Crippen MR) is 145 cm³/mol. The molecule has 0 spiro atoms. The standard InChI is InChI=1S/C19H21F3N10O8P2S/c20-7-10(40-43)15(31-4-26-8-12(31)27-18(23)28-14(8)34)38-16(7)39-42-36-1-5-6(2-35-41)37-17(19(5,21)22)32-11-9(29-30-32)13(33)25-3-24-11/h3-7,10,15-17,42-43H,1-2,41H2,(H,24,25,33)(H3,23,27,28,34)/t5-,6-,7+,10-,15-,16?,17-/m1/s1. The molecule has 4 N–H and O–H groups in total. The van der Waals surface area contributed by atoms with Gasteiger partial charge in [-0.1, -0.05) is 5.21 Å². The first-order valence-electron chi connectivity index (χ1n) is 12.1. The number of nitrogens with zero attached hydrogens (tertiary/aromatic N) is 7. The van der Waals surface area contributed by atoms with Crippen LogP contribution in [-0.2, 0) is 27.2 Å². The molecule has 43 heavy (non-hydrogen) atoms. The minimum absolute atomic E-state index is 0.00600. The summed E-state index contributed by atoms with van der Waals surface area (Å²) in [5.41, 5.74) is 3.79. The maximum atomic E-state index is 15.7. The molecule has 18 nitrogen and oxygen atoms in total. The van der Waals surface area contributed by atoms with Crippen molar-refractivity contribution in [1.82, 2.24) is 44.5 Å². The number of anilines is 1. The number of fused-ring (bicyclic) bond motifs is 2. The fourth-order valence-electron chi connectivity index (χ4n) is 4.77. The number of nitrogen functional groups attached to an aromatic ring is 1. The second-order valence-corrected chi connectivity index (χ2v) is 10.5. The lowest BCUT2D eigenvalue weighted by Gasteiger charge is -2.23. The second-order valence-electron chi connectivity index (χ2n) is 9.28. The van der Waals surface area contributed by atoms with Gasteiger partial charge in [-0.15, -0.1) is 5.10 Å². The molecule has 2 aliphatic heterocycles. The van der Waals surface area contributed by atoms with Crippen LogP contribution in [0.25, 0.3) is 22.3 Å². The molecule has 3 unspecified atom stereocenters. The van der Waals surface area contributed by atoms with E-state index in [1.807, 2.05) is 9.47 Å². The molecule has 2 saturated heterocycles. The van der Waals surface area contributed by atoms with E-state index in [1.54, 1.807) is 0 Å². The first-order chi connectivity index (χ1) is 20.6. The van der Waals surface area contributed by atoms with Crippen molar-refractivity contribution >= 4 is 59.7 Å². The first kappa shape index (κ1) is 30.2. The lowest BCUT2D eigenvalue weighted by Crippen LogP contribution is -2.37.